The van der Waals surface area contributed by atoms with Crippen LogP contribution in [0.2, 0.25) is 0 Å². The third-order valence-electron chi connectivity index (χ3n) is 3.18. The van der Waals surface area contributed by atoms with Gasteiger partial charge in [-0.15, -0.1) is 0 Å². The van der Waals surface area contributed by atoms with E-state index < -0.39 is 0 Å². The van der Waals surface area contributed by atoms with Gasteiger partial charge in [0.2, 0.25) is 5.69 Å². The van der Waals surface area contributed by atoms with Crippen molar-refractivity contribution in [2.75, 3.05) is 7.05 Å². The number of aromatic nitrogens is 1. The normalized spacial score (nSPS) is 10.6. The van der Waals surface area contributed by atoms with Crippen LogP contribution in [0.5, 0.6) is 0 Å². The summed E-state index contributed by atoms with van der Waals surface area (Å²) in [4.78, 5) is 4.73. The molecule has 0 saturated carbocycles. The number of fused-ring (bicyclic) bond motifs is 1. The van der Waals surface area contributed by atoms with Crippen molar-refractivity contribution in [3.8, 4) is 11.3 Å². The van der Waals surface area contributed by atoms with E-state index in [-0.39, 0.29) is 0 Å². The van der Waals surface area contributed by atoms with Gasteiger partial charge in [0.1, 0.15) is 13.8 Å². The van der Waals surface area contributed by atoms with Crippen LogP contribution in [0.1, 0.15) is 0 Å². The maximum atomic E-state index is 4.73. The fourth-order valence-electron chi connectivity index (χ4n) is 2.23. The summed E-state index contributed by atoms with van der Waals surface area (Å²) in [6.07, 6.45) is 0. The molecule has 1 heterocycles. The van der Waals surface area contributed by atoms with Gasteiger partial charge in [0.25, 0.3) is 0 Å². The van der Waals surface area contributed by atoms with Crippen LogP contribution >= 0.6 is 0 Å². The van der Waals surface area contributed by atoms with Crippen molar-refractivity contribution < 1.29 is 4.58 Å². The highest BCUT2D eigenvalue weighted by Gasteiger charge is 2.12. The first-order valence-electron chi connectivity index (χ1n) is 6.25. The second-order valence-corrected chi connectivity index (χ2v) is 4.61. The minimum Gasteiger partial charge on any atom is -0.247 e. The predicted molar refractivity (Wildman–Crippen MR) is 80.1 cm³/mol. The summed E-state index contributed by atoms with van der Waals surface area (Å²) in [5.74, 6) is 0. The van der Waals surface area contributed by atoms with Crippen LogP contribution in [-0.4, -0.2) is 23.3 Å². The van der Waals surface area contributed by atoms with Crippen LogP contribution in [0.25, 0.3) is 22.2 Å². The van der Waals surface area contributed by atoms with E-state index >= 15 is 0 Å². The molecule has 0 atom stereocenters. The molecule has 19 heavy (non-hydrogen) atoms. The molecule has 0 aliphatic heterocycles. The molecule has 0 aliphatic rings. The lowest BCUT2D eigenvalue weighted by Crippen LogP contribution is -1.96. The molecule has 0 fully saturated rings. The van der Waals surface area contributed by atoms with E-state index in [0.29, 0.717) is 0 Å². The monoisotopic (exact) mass is 247 g/mol. The number of hydrogen-bond donors (Lipinski definition) is 0. The smallest absolute Gasteiger partial charge is 0.216 e. The van der Waals surface area contributed by atoms with Crippen LogP contribution in [0.4, 0.5) is 5.69 Å². The quantitative estimate of drug-likeness (QED) is 0.496. The lowest BCUT2D eigenvalue weighted by Gasteiger charge is -2.06. The molecule has 0 saturated heterocycles. The van der Waals surface area contributed by atoms with Crippen LogP contribution in [0.3, 0.4) is 0 Å². The topological polar surface area (TPSA) is 15.9 Å². The van der Waals surface area contributed by atoms with Crippen LogP contribution in [0.15, 0.2) is 60.7 Å². The molecule has 2 aromatic carbocycles. The molecule has 1 aromatic heterocycles. The average Bonchev–Trinajstić information content (AvgIpc) is 2.47. The van der Waals surface area contributed by atoms with E-state index in [9.17, 15) is 0 Å². The molecule has 0 N–H and O–H groups in total. The summed E-state index contributed by atoms with van der Waals surface area (Å²) < 4.78 is 1.89. The molecule has 0 radical (unpaired) electrons. The van der Waals surface area contributed by atoms with Crippen molar-refractivity contribution in [3.63, 3.8) is 0 Å². The molecule has 3 aromatic rings. The van der Waals surface area contributed by atoms with Gasteiger partial charge in [0, 0.05) is 11.6 Å². The lowest BCUT2D eigenvalue weighted by molar-refractivity contribution is -0.392. The third kappa shape index (κ3) is 2.13. The van der Waals surface area contributed by atoms with Crippen molar-refractivity contribution in [1.82, 2.24) is 4.98 Å². The second-order valence-electron chi connectivity index (χ2n) is 4.61. The van der Waals surface area contributed by atoms with Gasteiger partial charge >= 0.3 is 0 Å². The first kappa shape index (κ1) is 11.6. The molecule has 3 rings (SSSR count). The average molecular weight is 247 g/mol. The minimum absolute atomic E-state index is 0.977. The molecule has 0 aliphatic carbocycles. The fraction of sp³-hybridized carbons (Fsp3) is 0.0588. The molecular weight excluding hydrogens is 232 g/mol. The van der Waals surface area contributed by atoms with Crippen LogP contribution in [0, 0.1) is 0 Å². The maximum absolute atomic E-state index is 4.73. The maximum Gasteiger partial charge on any atom is 0.216 e. The Morgan fingerprint density at radius 3 is 2.37 bits per heavy atom. The highest BCUT2D eigenvalue weighted by atomic mass is 14.9. The number of hydrogen-bond acceptors (Lipinski definition) is 1. The molecule has 0 unspecified atom stereocenters. The molecule has 2 nitrogen and oxygen atoms in total. The summed E-state index contributed by atoms with van der Waals surface area (Å²) in [5, 5.41) is 1.12. The van der Waals surface area contributed by atoms with Crippen molar-refractivity contribution in [1.29, 1.82) is 0 Å². The molecule has 0 bridgehead atoms. The van der Waals surface area contributed by atoms with E-state index in [4.69, 9.17) is 4.98 Å². The van der Waals surface area contributed by atoms with Gasteiger partial charge in [0.05, 0.1) is 16.6 Å². The summed E-state index contributed by atoms with van der Waals surface area (Å²) >= 11 is 0. The standard InChI is InChI=1S/C17H15N2/c1-19(2)17-12-16(13-8-4-3-5-9-13)18-15-11-7-6-10-14(15)17/h3-12H,1H2,2H3/q+1. The zero-order valence-electron chi connectivity index (χ0n) is 10.9. The van der Waals surface area contributed by atoms with Gasteiger partial charge in [-0.1, -0.05) is 42.5 Å². The van der Waals surface area contributed by atoms with Crippen molar-refractivity contribution in [3.05, 3.63) is 60.7 Å². The second kappa shape index (κ2) is 4.65. The molecule has 0 spiro atoms. The van der Waals surface area contributed by atoms with Crippen molar-refractivity contribution in [2.24, 2.45) is 0 Å². The Labute approximate surface area is 112 Å². The zero-order valence-corrected chi connectivity index (χ0v) is 10.9. The van der Waals surface area contributed by atoms with Gasteiger partial charge in [-0.2, -0.15) is 0 Å². The Bertz CT molecular complexity index is 746. The van der Waals surface area contributed by atoms with Crippen molar-refractivity contribution in [2.45, 2.75) is 0 Å². The van der Waals surface area contributed by atoms with Crippen LogP contribution in [-0.2, 0) is 0 Å². The van der Waals surface area contributed by atoms with Gasteiger partial charge in [-0.3, -0.25) is 0 Å². The van der Waals surface area contributed by atoms with E-state index in [1.807, 2.05) is 48.0 Å². The Kier molecular flexibility index (Phi) is 2.84. The predicted octanol–water partition coefficient (Wildman–Crippen LogP) is 3.88. The van der Waals surface area contributed by atoms with Gasteiger partial charge < -0.3 is 0 Å². The number of para-hydroxylation sites is 1. The Morgan fingerprint density at radius 2 is 1.63 bits per heavy atom. The number of rotatable bonds is 2. The lowest BCUT2D eigenvalue weighted by atomic mass is 10.1. The summed E-state index contributed by atoms with van der Waals surface area (Å²) in [6, 6.07) is 20.5. The number of pyridine rings is 1. The number of benzene rings is 2. The minimum atomic E-state index is 0.977. The van der Waals surface area contributed by atoms with E-state index in [0.717, 1.165) is 27.8 Å². The summed E-state index contributed by atoms with van der Waals surface area (Å²) in [7, 11) is 1.95. The van der Waals surface area contributed by atoms with Gasteiger partial charge in [-0.05, 0) is 12.1 Å². The fourth-order valence-corrected chi connectivity index (χ4v) is 2.23. The number of nitrogens with zero attached hydrogens (tertiary/aromatic N) is 2. The third-order valence-corrected chi connectivity index (χ3v) is 3.18. The zero-order chi connectivity index (χ0) is 13.2. The molecule has 0 amide bonds. The van der Waals surface area contributed by atoms with Crippen molar-refractivity contribution >= 4 is 23.3 Å². The first-order chi connectivity index (χ1) is 9.25. The SMILES string of the molecule is C=[N+](C)c1cc(-c2ccccc2)nc2ccccc12. The Balaban J connectivity index is 2.31. The Morgan fingerprint density at radius 1 is 0.947 bits per heavy atom. The van der Waals surface area contributed by atoms with Gasteiger partial charge in [-0.25, -0.2) is 9.56 Å². The Hall–Kier alpha value is -2.48. The van der Waals surface area contributed by atoms with E-state index in [2.05, 4.69) is 31.0 Å². The van der Waals surface area contributed by atoms with E-state index in [1.165, 1.54) is 0 Å². The molecule has 2 heteroatoms. The molecular formula is C17H15N2+. The highest BCUT2D eigenvalue weighted by Crippen LogP contribution is 2.28. The van der Waals surface area contributed by atoms with E-state index in [1.54, 1.807) is 0 Å². The molecule has 92 valence electrons. The highest BCUT2D eigenvalue weighted by molar-refractivity contribution is 5.90. The van der Waals surface area contributed by atoms with Gasteiger partial charge in [0.15, 0.2) is 0 Å². The summed E-state index contributed by atoms with van der Waals surface area (Å²) in [6.45, 7) is 4.00. The van der Waals surface area contributed by atoms with Crippen LogP contribution < -0.4 is 0 Å². The summed E-state index contributed by atoms with van der Waals surface area (Å²) in [5.41, 5.74) is 4.18. The largest absolute Gasteiger partial charge is 0.247 e. The first-order valence-corrected chi connectivity index (χ1v) is 6.25.